The van der Waals surface area contributed by atoms with Gasteiger partial charge in [-0.3, -0.25) is 28.9 Å². The predicted octanol–water partition coefficient (Wildman–Crippen LogP) is -2.50. The summed E-state index contributed by atoms with van der Waals surface area (Å²) in [6, 6.07) is -2.99. The van der Waals surface area contributed by atoms with E-state index in [2.05, 4.69) is 16.0 Å². The standard InChI is InChI=1S/C15H18N4O9/c20-10-4-1-7(16-10)13(23)26-19(27-14(24)8-2-5-11(21)17-8)28-15(25)9-3-6-12(22)18-9/h7-9H,1-6H2,(H,16,20)(H,17,21)(H,18,22). The van der Waals surface area contributed by atoms with Gasteiger partial charge < -0.3 is 16.0 Å². The minimum absolute atomic E-state index is 0.0631. The molecule has 3 aliphatic heterocycles. The maximum absolute atomic E-state index is 12.1. The zero-order valence-corrected chi connectivity index (χ0v) is 14.6. The molecule has 152 valence electrons. The van der Waals surface area contributed by atoms with E-state index in [4.69, 9.17) is 14.5 Å². The van der Waals surface area contributed by atoms with E-state index >= 15 is 0 Å². The molecule has 3 rings (SSSR count). The third-order valence-corrected chi connectivity index (χ3v) is 4.33. The number of carbonyl (C=O) groups excluding carboxylic acids is 6. The number of nitrogens with one attached hydrogen (secondary N) is 3. The molecule has 3 saturated heterocycles. The van der Waals surface area contributed by atoms with Crippen molar-refractivity contribution in [3.63, 3.8) is 0 Å². The van der Waals surface area contributed by atoms with E-state index in [0.29, 0.717) is 0 Å². The molecule has 13 heteroatoms. The van der Waals surface area contributed by atoms with E-state index in [1.54, 1.807) is 0 Å². The van der Waals surface area contributed by atoms with E-state index in [1.165, 1.54) is 0 Å². The largest absolute Gasteiger partial charge is 0.354 e. The number of nitrogens with zero attached hydrogens (tertiary/aromatic N) is 1. The third-order valence-electron chi connectivity index (χ3n) is 4.33. The molecule has 3 fully saturated rings. The molecule has 3 unspecified atom stereocenters. The molecule has 3 atom stereocenters. The van der Waals surface area contributed by atoms with E-state index in [-0.39, 0.29) is 61.6 Å². The Hall–Kier alpha value is -3.22. The number of amides is 3. The highest BCUT2D eigenvalue weighted by atomic mass is 17.2. The Kier molecular flexibility index (Phi) is 5.73. The van der Waals surface area contributed by atoms with Crippen molar-refractivity contribution in [1.29, 1.82) is 0 Å². The lowest BCUT2D eigenvalue weighted by Crippen LogP contribution is -2.46. The summed E-state index contributed by atoms with van der Waals surface area (Å²) in [5.41, 5.74) is 0. The summed E-state index contributed by atoms with van der Waals surface area (Å²) in [5.74, 6) is -4.12. The first-order chi connectivity index (χ1) is 13.3. The minimum Gasteiger partial charge on any atom is -0.343 e. The Balaban J connectivity index is 1.62. The normalized spacial score (nSPS) is 26.5. The Morgan fingerprint density at radius 1 is 0.643 bits per heavy atom. The van der Waals surface area contributed by atoms with Gasteiger partial charge in [0.05, 0.1) is 0 Å². The van der Waals surface area contributed by atoms with Gasteiger partial charge in [-0.15, -0.1) is 0 Å². The maximum Gasteiger partial charge on any atom is 0.354 e. The van der Waals surface area contributed by atoms with Crippen molar-refractivity contribution in [3.8, 4) is 0 Å². The minimum atomic E-state index is -1.02. The van der Waals surface area contributed by atoms with Crippen molar-refractivity contribution in [2.45, 2.75) is 56.7 Å². The molecule has 0 saturated carbocycles. The van der Waals surface area contributed by atoms with E-state index in [0.717, 1.165) is 0 Å². The first kappa shape index (κ1) is 19.5. The second-order valence-electron chi connectivity index (χ2n) is 6.43. The van der Waals surface area contributed by atoms with Crippen LogP contribution in [0.4, 0.5) is 0 Å². The molecule has 0 radical (unpaired) electrons. The van der Waals surface area contributed by atoms with E-state index in [1.807, 2.05) is 0 Å². The van der Waals surface area contributed by atoms with Crippen LogP contribution in [0.2, 0.25) is 0 Å². The first-order valence-corrected chi connectivity index (χ1v) is 8.65. The molecular weight excluding hydrogens is 380 g/mol. The van der Waals surface area contributed by atoms with Crippen molar-refractivity contribution in [3.05, 3.63) is 0 Å². The molecule has 0 aromatic carbocycles. The van der Waals surface area contributed by atoms with Crippen LogP contribution in [-0.4, -0.2) is 59.1 Å². The van der Waals surface area contributed by atoms with Crippen molar-refractivity contribution in [1.82, 2.24) is 21.3 Å². The molecule has 0 aromatic rings. The zero-order chi connectivity index (χ0) is 20.3. The van der Waals surface area contributed by atoms with Gasteiger partial charge in [0.15, 0.2) is 0 Å². The van der Waals surface area contributed by atoms with Crippen LogP contribution in [-0.2, 0) is 43.3 Å². The Morgan fingerprint density at radius 2 is 0.929 bits per heavy atom. The summed E-state index contributed by atoms with van der Waals surface area (Å²) in [7, 11) is 0. The van der Waals surface area contributed by atoms with Gasteiger partial charge in [-0.25, -0.2) is 14.4 Å². The van der Waals surface area contributed by atoms with Crippen molar-refractivity contribution >= 4 is 35.6 Å². The van der Waals surface area contributed by atoms with Crippen LogP contribution in [0.25, 0.3) is 0 Å². The second kappa shape index (κ2) is 8.21. The molecule has 3 heterocycles. The van der Waals surface area contributed by atoms with Gasteiger partial charge in [0.1, 0.15) is 18.1 Å². The Bertz CT molecular complexity index is 629. The fourth-order valence-electron chi connectivity index (χ4n) is 2.84. The molecule has 28 heavy (non-hydrogen) atoms. The monoisotopic (exact) mass is 398 g/mol. The number of hydrogen-bond acceptors (Lipinski definition) is 10. The van der Waals surface area contributed by atoms with Gasteiger partial charge in [-0.2, -0.15) is 0 Å². The van der Waals surface area contributed by atoms with Gasteiger partial charge in [0.2, 0.25) is 23.1 Å². The number of carbonyl (C=O) groups is 6. The molecule has 3 aliphatic rings. The van der Waals surface area contributed by atoms with Gasteiger partial charge in [-0.05, 0) is 19.3 Å². The SMILES string of the molecule is O=C1CCC(C(=O)ON(OC(=O)C2CCC(=O)N2)OC(=O)C2CCC(=O)N2)N1. The van der Waals surface area contributed by atoms with Crippen molar-refractivity contribution < 1.29 is 43.3 Å². The molecule has 3 amide bonds. The van der Waals surface area contributed by atoms with Crippen LogP contribution in [0.5, 0.6) is 0 Å². The molecule has 0 aliphatic carbocycles. The van der Waals surface area contributed by atoms with Crippen LogP contribution >= 0.6 is 0 Å². The Morgan fingerprint density at radius 3 is 1.14 bits per heavy atom. The van der Waals surface area contributed by atoms with Crippen LogP contribution in [0, 0.1) is 0 Å². The summed E-state index contributed by atoms with van der Waals surface area (Å²) in [6.45, 7) is 0. The lowest BCUT2D eigenvalue weighted by molar-refractivity contribution is -0.465. The van der Waals surface area contributed by atoms with E-state index < -0.39 is 36.0 Å². The summed E-state index contributed by atoms with van der Waals surface area (Å²) in [4.78, 5) is 84.3. The van der Waals surface area contributed by atoms with Crippen LogP contribution in [0.1, 0.15) is 38.5 Å². The van der Waals surface area contributed by atoms with Crippen LogP contribution in [0.3, 0.4) is 0 Å². The molecule has 0 aromatic heterocycles. The van der Waals surface area contributed by atoms with Crippen molar-refractivity contribution in [2.75, 3.05) is 0 Å². The van der Waals surface area contributed by atoms with Crippen LogP contribution < -0.4 is 16.0 Å². The maximum atomic E-state index is 12.1. The average molecular weight is 398 g/mol. The molecule has 3 N–H and O–H groups in total. The van der Waals surface area contributed by atoms with Gasteiger partial charge in [0.25, 0.3) is 0 Å². The fraction of sp³-hybridized carbons (Fsp3) is 0.600. The molecule has 0 spiro atoms. The summed E-state index contributed by atoms with van der Waals surface area (Å²) < 4.78 is 0. The zero-order valence-electron chi connectivity index (χ0n) is 14.6. The van der Waals surface area contributed by atoms with Gasteiger partial charge in [-0.1, -0.05) is 0 Å². The summed E-state index contributed by atoms with van der Waals surface area (Å²) >= 11 is 0. The highest BCUT2D eigenvalue weighted by molar-refractivity contribution is 5.89. The number of rotatable bonds is 6. The quantitative estimate of drug-likeness (QED) is 0.406. The lowest BCUT2D eigenvalue weighted by atomic mass is 10.2. The second-order valence-corrected chi connectivity index (χ2v) is 6.43. The van der Waals surface area contributed by atoms with Crippen LogP contribution in [0.15, 0.2) is 0 Å². The predicted molar refractivity (Wildman–Crippen MR) is 83.6 cm³/mol. The first-order valence-electron chi connectivity index (χ1n) is 8.65. The fourth-order valence-corrected chi connectivity index (χ4v) is 2.84. The lowest BCUT2D eigenvalue weighted by Gasteiger charge is -2.21. The van der Waals surface area contributed by atoms with E-state index in [9.17, 15) is 28.8 Å². The molecule has 0 bridgehead atoms. The third kappa shape index (κ3) is 4.73. The van der Waals surface area contributed by atoms with Crippen molar-refractivity contribution in [2.24, 2.45) is 0 Å². The molecule has 13 nitrogen and oxygen atoms in total. The number of hydrogen-bond donors (Lipinski definition) is 3. The average Bonchev–Trinajstić information content (AvgIpc) is 3.36. The smallest absolute Gasteiger partial charge is 0.343 e. The van der Waals surface area contributed by atoms with Gasteiger partial charge >= 0.3 is 17.9 Å². The highest BCUT2D eigenvalue weighted by Crippen LogP contribution is 2.14. The topological polar surface area (TPSA) is 169 Å². The van der Waals surface area contributed by atoms with Gasteiger partial charge in [0, 0.05) is 19.3 Å². The molecular formula is C15H18N4O9. The summed E-state index contributed by atoms with van der Waals surface area (Å²) in [6.07, 6.45) is 0.810. The Labute approximate surface area is 157 Å². The highest BCUT2D eigenvalue weighted by Gasteiger charge is 2.37. The summed E-state index contributed by atoms with van der Waals surface area (Å²) in [5, 5.41) is 6.99.